The first kappa shape index (κ1) is 11.6. The first-order valence-electron chi connectivity index (χ1n) is 5.77. The second kappa shape index (κ2) is 4.99. The molecule has 1 aliphatic heterocycles. The second-order valence-corrected chi connectivity index (χ2v) is 4.20. The number of hydrogen-bond acceptors (Lipinski definition) is 3. The number of piperidine rings is 1. The van der Waals surface area contributed by atoms with Gasteiger partial charge in [-0.15, -0.1) is 0 Å². The van der Waals surface area contributed by atoms with E-state index in [-0.39, 0.29) is 5.78 Å². The molecule has 1 fully saturated rings. The predicted molar refractivity (Wildman–Crippen MR) is 60.5 cm³/mol. The summed E-state index contributed by atoms with van der Waals surface area (Å²) >= 11 is 0. The van der Waals surface area contributed by atoms with E-state index in [1.807, 2.05) is 6.07 Å². The van der Waals surface area contributed by atoms with Gasteiger partial charge in [0.2, 0.25) is 0 Å². The Bertz CT molecular complexity index is 416. The Hall–Kier alpha value is -1.84. The van der Waals surface area contributed by atoms with E-state index in [9.17, 15) is 14.7 Å². The Morgan fingerprint density at radius 3 is 2.53 bits per heavy atom. The molecule has 4 nitrogen and oxygen atoms in total. The molecule has 0 aromatic heterocycles. The van der Waals surface area contributed by atoms with Crippen molar-refractivity contribution in [3.05, 3.63) is 35.9 Å². The summed E-state index contributed by atoms with van der Waals surface area (Å²) < 4.78 is 0. The maximum absolute atomic E-state index is 12.2. The predicted octanol–water partition coefficient (Wildman–Crippen LogP) is 1.07. The average Bonchev–Trinajstić information content (AvgIpc) is 2.39. The topological polar surface area (TPSA) is 60.4 Å². The summed E-state index contributed by atoms with van der Waals surface area (Å²) in [5.41, 5.74) is 0.561. The summed E-state index contributed by atoms with van der Waals surface area (Å²) in [5.74, 6) is -0.130. The quantitative estimate of drug-likeness (QED) is 0.716. The van der Waals surface area contributed by atoms with E-state index in [0.717, 1.165) is 17.7 Å². The molecular weight excluding hydrogens is 218 g/mol. The van der Waals surface area contributed by atoms with Crippen LogP contribution in [0.3, 0.4) is 0 Å². The molecule has 4 heteroatoms. The van der Waals surface area contributed by atoms with Crippen molar-refractivity contribution in [2.75, 3.05) is 6.54 Å². The van der Waals surface area contributed by atoms with Crippen LogP contribution in [0.2, 0.25) is 0 Å². The van der Waals surface area contributed by atoms with Crippen LogP contribution in [0.1, 0.15) is 29.6 Å². The molecule has 90 valence electrons. The Morgan fingerprint density at radius 1 is 1.18 bits per heavy atom. The van der Waals surface area contributed by atoms with E-state index in [0.29, 0.717) is 18.5 Å². The van der Waals surface area contributed by atoms with Gasteiger partial charge in [0.15, 0.2) is 5.78 Å². The molecule has 17 heavy (non-hydrogen) atoms. The Kier molecular flexibility index (Phi) is 3.42. The first-order chi connectivity index (χ1) is 8.20. The highest BCUT2D eigenvalue weighted by Crippen LogP contribution is 2.20. The standard InChI is InChI=1S/C13H15NO3/c15-12(10-6-2-1-3-7-10)11-8-4-5-9-14(11)13(16)17/h1-3,6-7,11H,4-5,8-9H2,(H,16,17)/p-1. The number of hydrogen-bond donors (Lipinski definition) is 0. The van der Waals surface area contributed by atoms with Crippen molar-refractivity contribution in [1.29, 1.82) is 0 Å². The summed E-state index contributed by atoms with van der Waals surface area (Å²) in [6.07, 6.45) is 1.01. The molecule has 1 aromatic rings. The van der Waals surface area contributed by atoms with Gasteiger partial charge in [-0.2, -0.15) is 0 Å². The number of ketones is 1. The third-order valence-electron chi connectivity index (χ3n) is 3.10. The van der Waals surface area contributed by atoms with Gasteiger partial charge in [-0.25, -0.2) is 0 Å². The lowest BCUT2D eigenvalue weighted by Gasteiger charge is -2.36. The molecule has 1 unspecified atom stereocenters. The Balaban J connectivity index is 2.20. The maximum atomic E-state index is 12.2. The van der Waals surface area contributed by atoms with Crippen molar-refractivity contribution in [1.82, 2.24) is 4.90 Å². The molecule has 0 N–H and O–H groups in total. The van der Waals surface area contributed by atoms with Crippen molar-refractivity contribution in [3.63, 3.8) is 0 Å². The number of carbonyl (C=O) groups excluding carboxylic acids is 2. The minimum atomic E-state index is -1.25. The first-order valence-corrected chi connectivity index (χ1v) is 5.77. The summed E-state index contributed by atoms with van der Waals surface area (Å²) in [6, 6.07) is 8.23. The fourth-order valence-electron chi connectivity index (χ4n) is 2.22. The molecule has 0 aliphatic carbocycles. The van der Waals surface area contributed by atoms with Gasteiger partial charge in [0, 0.05) is 12.1 Å². The third-order valence-corrected chi connectivity index (χ3v) is 3.10. The van der Waals surface area contributed by atoms with Gasteiger partial charge in [-0.1, -0.05) is 30.3 Å². The number of carbonyl (C=O) groups is 2. The van der Waals surface area contributed by atoms with Crippen molar-refractivity contribution < 1.29 is 14.7 Å². The van der Waals surface area contributed by atoms with Gasteiger partial charge >= 0.3 is 0 Å². The van der Waals surface area contributed by atoms with Crippen molar-refractivity contribution in [3.8, 4) is 0 Å². The largest absolute Gasteiger partial charge is 0.530 e. The van der Waals surface area contributed by atoms with Gasteiger partial charge < -0.3 is 14.8 Å². The number of rotatable bonds is 2. The van der Waals surface area contributed by atoms with Crippen LogP contribution in [0.4, 0.5) is 4.79 Å². The molecule has 0 radical (unpaired) electrons. The maximum Gasteiger partial charge on any atom is 0.185 e. The van der Waals surface area contributed by atoms with Crippen LogP contribution in [0.15, 0.2) is 30.3 Å². The van der Waals surface area contributed by atoms with E-state index in [1.54, 1.807) is 24.3 Å². The molecule has 1 amide bonds. The number of nitrogens with zero attached hydrogens (tertiary/aromatic N) is 1. The molecule has 1 aliphatic rings. The molecule has 1 atom stereocenters. The zero-order valence-electron chi connectivity index (χ0n) is 9.46. The van der Waals surface area contributed by atoms with Gasteiger partial charge in [0.1, 0.15) is 6.09 Å². The van der Waals surface area contributed by atoms with Gasteiger partial charge in [0.25, 0.3) is 0 Å². The highest BCUT2D eigenvalue weighted by atomic mass is 16.4. The Morgan fingerprint density at radius 2 is 1.88 bits per heavy atom. The van der Waals surface area contributed by atoms with Crippen LogP contribution in [0.25, 0.3) is 0 Å². The van der Waals surface area contributed by atoms with Gasteiger partial charge in [0.05, 0.1) is 6.04 Å². The smallest absolute Gasteiger partial charge is 0.185 e. The Labute approximate surface area is 99.9 Å². The summed E-state index contributed by atoms with van der Waals surface area (Å²) in [6.45, 7) is 0.394. The SMILES string of the molecule is O=C(c1ccccc1)C1CCCCN1C(=O)[O-]. The van der Waals surface area contributed by atoms with Crippen molar-refractivity contribution >= 4 is 11.9 Å². The van der Waals surface area contributed by atoms with Crippen molar-refractivity contribution in [2.45, 2.75) is 25.3 Å². The molecule has 1 heterocycles. The molecular formula is C13H14NO3-. The molecule has 0 saturated carbocycles. The minimum absolute atomic E-state index is 0.130. The zero-order valence-corrected chi connectivity index (χ0v) is 9.46. The summed E-state index contributed by atoms with van der Waals surface area (Å²) in [4.78, 5) is 24.3. The highest BCUT2D eigenvalue weighted by molar-refractivity contribution is 6.01. The summed E-state index contributed by atoms with van der Waals surface area (Å²) in [7, 11) is 0. The van der Waals surface area contributed by atoms with Crippen LogP contribution in [-0.2, 0) is 0 Å². The molecule has 0 spiro atoms. The van der Waals surface area contributed by atoms with Gasteiger partial charge in [-0.3, -0.25) is 4.79 Å². The van der Waals surface area contributed by atoms with Crippen LogP contribution in [0, 0.1) is 0 Å². The lowest BCUT2D eigenvalue weighted by molar-refractivity contribution is -0.268. The molecule has 0 bridgehead atoms. The fourth-order valence-corrected chi connectivity index (χ4v) is 2.22. The minimum Gasteiger partial charge on any atom is -0.530 e. The molecule has 1 saturated heterocycles. The van der Waals surface area contributed by atoms with Gasteiger partial charge in [-0.05, 0) is 19.3 Å². The lowest BCUT2D eigenvalue weighted by atomic mass is 9.95. The van der Waals surface area contributed by atoms with Crippen LogP contribution in [0.5, 0.6) is 0 Å². The molecule has 1 aromatic carbocycles. The number of Topliss-reactive ketones (excluding diaryl/α,β-unsaturated/α-hetero) is 1. The second-order valence-electron chi connectivity index (χ2n) is 4.20. The fraction of sp³-hybridized carbons (Fsp3) is 0.385. The van der Waals surface area contributed by atoms with E-state index >= 15 is 0 Å². The van der Waals surface area contributed by atoms with Crippen LogP contribution < -0.4 is 5.11 Å². The number of amides is 1. The van der Waals surface area contributed by atoms with Crippen molar-refractivity contribution in [2.24, 2.45) is 0 Å². The van der Waals surface area contributed by atoms with E-state index < -0.39 is 12.1 Å². The van der Waals surface area contributed by atoms with E-state index in [2.05, 4.69) is 0 Å². The van der Waals surface area contributed by atoms with Crippen LogP contribution in [-0.4, -0.2) is 29.4 Å². The molecule has 2 rings (SSSR count). The third kappa shape index (κ3) is 2.46. The number of benzene rings is 1. The monoisotopic (exact) mass is 232 g/mol. The average molecular weight is 232 g/mol. The zero-order chi connectivity index (χ0) is 12.3. The highest BCUT2D eigenvalue weighted by Gasteiger charge is 2.29. The van der Waals surface area contributed by atoms with Crippen LogP contribution >= 0.6 is 0 Å². The van der Waals surface area contributed by atoms with E-state index in [4.69, 9.17) is 0 Å². The van der Waals surface area contributed by atoms with E-state index in [1.165, 1.54) is 0 Å². The number of likely N-dealkylation sites (tertiary alicyclic amines) is 1. The number of carboxylic acid groups (broad SMARTS) is 1. The summed E-state index contributed by atoms with van der Waals surface area (Å²) in [5, 5.41) is 11.0. The normalized spacial score (nSPS) is 20.0. The lowest BCUT2D eigenvalue weighted by Crippen LogP contribution is -2.52.